The fourth-order valence-corrected chi connectivity index (χ4v) is 2.41. The second-order valence-electron chi connectivity index (χ2n) is 5.30. The smallest absolute Gasteiger partial charge is 0.253 e. The van der Waals surface area contributed by atoms with Crippen LogP contribution < -0.4 is 5.73 Å². The molecule has 4 nitrogen and oxygen atoms in total. The zero-order chi connectivity index (χ0) is 15.9. The maximum atomic E-state index is 12.5. The molecule has 0 spiro atoms. The first-order valence-corrected chi connectivity index (χ1v) is 7.22. The van der Waals surface area contributed by atoms with Gasteiger partial charge in [-0.15, -0.1) is 0 Å². The molecule has 0 bridgehead atoms. The van der Waals surface area contributed by atoms with E-state index in [0.29, 0.717) is 12.0 Å². The Morgan fingerprint density at radius 1 is 1.00 bits per heavy atom. The first-order chi connectivity index (χ1) is 10.6. The molecular weight excluding hydrogens is 276 g/mol. The van der Waals surface area contributed by atoms with E-state index in [-0.39, 0.29) is 18.4 Å². The number of amides is 2. The van der Waals surface area contributed by atoms with Gasteiger partial charge in [-0.2, -0.15) is 0 Å². The Labute approximate surface area is 130 Å². The lowest BCUT2D eigenvalue weighted by atomic mass is 10.0. The third-order valence-corrected chi connectivity index (χ3v) is 3.64. The lowest BCUT2D eigenvalue weighted by Gasteiger charge is -2.27. The van der Waals surface area contributed by atoms with E-state index in [4.69, 9.17) is 5.73 Å². The molecule has 0 fully saturated rings. The van der Waals surface area contributed by atoms with Gasteiger partial charge in [0, 0.05) is 25.1 Å². The Hall–Kier alpha value is -2.62. The highest BCUT2D eigenvalue weighted by atomic mass is 16.2. The molecule has 0 saturated carbocycles. The summed E-state index contributed by atoms with van der Waals surface area (Å²) >= 11 is 0. The molecule has 114 valence electrons. The van der Waals surface area contributed by atoms with Crippen molar-refractivity contribution < 1.29 is 9.59 Å². The predicted molar refractivity (Wildman–Crippen MR) is 86.3 cm³/mol. The van der Waals surface area contributed by atoms with Gasteiger partial charge in [0.2, 0.25) is 5.91 Å². The lowest BCUT2D eigenvalue weighted by molar-refractivity contribution is -0.118. The minimum absolute atomic E-state index is 0.109. The van der Waals surface area contributed by atoms with Crippen LogP contribution in [0.25, 0.3) is 0 Å². The van der Waals surface area contributed by atoms with E-state index in [1.165, 1.54) is 0 Å². The van der Waals surface area contributed by atoms with E-state index >= 15 is 0 Å². The molecular formula is C18H20N2O2. The van der Waals surface area contributed by atoms with E-state index in [1.54, 1.807) is 24.1 Å². The highest BCUT2D eigenvalue weighted by molar-refractivity contribution is 5.94. The Morgan fingerprint density at radius 2 is 1.55 bits per heavy atom. The molecule has 0 radical (unpaired) electrons. The molecule has 4 heteroatoms. The summed E-state index contributed by atoms with van der Waals surface area (Å²) in [6.07, 6.45) is 0.739. The molecule has 0 heterocycles. The SMILES string of the molecule is CN(C(=O)c1ccccc1)C(CC(N)=O)Cc1ccccc1. The first-order valence-electron chi connectivity index (χ1n) is 7.22. The van der Waals surface area contributed by atoms with Crippen LogP contribution >= 0.6 is 0 Å². The summed E-state index contributed by atoms with van der Waals surface area (Å²) in [6, 6.07) is 18.6. The number of nitrogens with two attached hydrogens (primary N) is 1. The molecule has 2 aromatic rings. The van der Waals surface area contributed by atoms with Crippen LogP contribution in [-0.4, -0.2) is 29.8 Å². The van der Waals surface area contributed by atoms with Gasteiger partial charge in [-0.3, -0.25) is 9.59 Å². The summed E-state index contributed by atoms with van der Waals surface area (Å²) in [6.45, 7) is 0. The summed E-state index contributed by atoms with van der Waals surface area (Å²) in [5.41, 5.74) is 7.02. The van der Waals surface area contributed by atoms with E-state index in [9.17, 15) is 9.59 Å². The maximum Gasteiger partial charge on any atom is 0.253 e. The quantitative estimate of drug-likeness (QED) is 0.888. The number of benzene rings is 2. The summed E-state index contributed by atoms with van der Waals surface area (Å²) in [4.78, 5) is 25.5. The van der Waals surface area contributed by atoms with Crippen LogP contribution in [0.15, 0.2) is 60.7 Å². The van der Waals surface area contributed by atoms with Crippen molar-refractivity contribution in [3.05, 3.63) is 71.8 Å². The number of carbonyl (C=O) groups is 2. The number of likely N-dealkylation sites (N-methyl/N-ethyl adjacent to an activating group) is 1. The third-order valence-electron chi connectivity index (χ3n) is 3.64. The van der Waals surface area contributed by atoms with Crippen molar-refractivity contribution in [1.82, 2.24) is 4.90 Å². The fourth-order valence-electron chi connectivity index (χ4n) is 2.41. The lowest BCUT2D eigenvalue weighted by Crippen LogP contribution is -2.41. The number of primary amides is 1. The number of hydrogen-bond acceptors (Lipinski definition) is 2. The molecule has 0 saturated heterocycles. The molecule has 2 aromatic carbocycles. The molecule has 0 aliphatic rings. The molecule has 0 aliphatic heterocycles. The van der Waals surface area contributed by atoms with Crippen LogP contribution in [-0.2, 0) is 11.2 Å². The minimum atomic E-state index is -0.409. The Bertz CT molecular complexity index is 626. The number of nitrogens with zero attached hydrogens (tertiary/aromatic N) is 1. The molecule has 2 rings (SSSR count). The molecule has 1 unspecified atom stereocenters. The largest absolute Gasteiger partial charge is 0.370 e. The van der Waals surface area contributed by atoms with Crippen LogP contribution in [0.1, 0.15) is 22.3 Å². The monoisotopic (exact) mass is 296 g/mol. The molecule has 0 aromatic heterocycles. The summed E-state index contributed by atoms with van der Waals surface area (Å²) < 4.78 is 0. The highest BCUT2D eigenvalue weighted by Crippen LogP contribution is 2.14. The standard InChI is InChI=1S/C18H20N2O2/c1-20(18(22)15-10-6-3-7-11-15)16(13-17(19)21)12-14-8-4-2-5-9-14/h2-11,16H,12-13H2,1H3,(H2,19,21). The van der Waals surface area contributed by atoms with E-state index in [0.717, 1.165) is 5.56 Å². The average Bonchev–Trinajstić information content (AvgIpc) is 2.54. The highest BCUT2D eigenvalue weighted by Gasteiger charge is 2.23. The number of rotatable bonds is 6. The Kier molecular flexibility index (Phi) is 5.31. The van der Waals surface area contributed by atoms with Gasteiger partial charge < -0.3 is 10.6 Å². The van der Waals surface area contributed by atoms with Gasteiger partial charge in [0.15, 0.2) is 0 Å². The van der Waals surface area contributed by atoms with Crippen LogP contribution in [0.5, 0.6) is 0 Å². The van der Waals surface area contributed by atoms with Gasteiger partial charge in [-0.05, 0) is 24.1 Å². The zero-order valence-corrected chi connectivity index (χ0v) is 12.6. The molecule has 2 N–H and O–H groups in total. The van der Waals surface area contributed by atoms with Crippen molar-refractivity contribution in [3.8, 4) is 0 Å². The van der Waals surface area contributed by atoms with Gasteiger partial charge in [-0.25, -0.2) is 0 Å². The van der Waals surface area contributed by atoms with Gasteiger partial charge >= 0.3 is 0 Å². The van der Waals surface area contributed by atoms with E-state index < -0.39 is 5.91 Å². The van der Waals surface area contributed by atoms with Crippen molar-refractivity contribution in [2.45, 2.75) is 18.9 Å². The van der Waals surface area contributed by atoms with E-state index in [1.807, 2.05) is 48.5 Å². The summed E-state index contributed by atoms with van der Waals surface area (Å²) in [5, 5.41) is 0. The third kappa shape index (κ3) is 4.19. The second kappa shape index (κ2) is 7.41. The van der Waals surface area contributed by atoms with E-state index in [2.05, 4.69) is 0 Å². The van der Waals surface area contributed by atoms with Gasteiger partial charge in [0.25, 0.3) is 5.91 Å². The van der Waals surface area contributed by atoms with Crippen molar-refractivity contribution in [2.24, 2.45) is 5.73 Å². The van der Waals surface area contributed by atoms with Gasteiger partial charge in [-0.1, -0.05) is 48.5 Å². The summed E-state index contributed by atoms with van der Waals surface area (Å²) in [5.74, 6) is -0.517. The average molecular weight is 296 g/mol. The number of carbonyl (C=O) groups excluding carboxylic acids is 2. The van der Waals surface area contributed by atoms with Gasteiger partial charge in [0.1, 0.15) is 0 Å². The van der Waals surface area contributed by atoms with Crippen LogP contribution in [0.3, 0.4) is 0 Å². The molecule has 2 amide bonds. The van der Waals surface area contributed by atoms with Crippen molar-refractivity contribution in [1.29, 1.82) is 0 Å². The molecule has 0 aliphatic carbocycles. The Morgan fingerprint density at radius 3 is 2.09 bits per heavy atom. The van der Waals surface area contributed by atoms with Crippen molar-refractivity contribution in [2.75, 3.05) is 7.05 Å². The Balaban J connectivity index is 2.17. The van der Waals surface area contributed by atoms with Crippen LogP contribution in [0.4, 0.5) is 0 Å². The topological polar surface area (TPSA) is 63.4 Å². The maximum absolute atomic E-state index is 12.5. The molecule has 1 atom stereocenters. The zero-order valence-electron chi connectivity index (χ0n) is 12.6. The number of hydrogen-bond donors (Lipinski definition) is 1. The van der Waals surface area contributed by atoms with Gasteiger partial charge in [0.05, 0.1) is 0 Å². The predicted octanol–water partition coefficient (Wildman–Crippen LogP) is 2.25. The van der Waals surface area contributed by atoms with Crippen LogP contribution in [0, 0.1) is 0 Å². The minimum Gasteiger partial charge on any atom is -0.370 e. The molecule has 22 heavy (non-hydrogen) atoms. The van der Waals surface area contributed by atoms with Crippen molar-refractivity contribution in [3.63, 3.8) is 0 Å². The van der Waals surface area contributed by atoms with Crippen molar-refractivity contribution >= 4 is 11.8 Å². The van der Waals surface area contributed by atoms with Crippen LogP contribution in [0.2, 0.25) is 0 Å². The first kappa shape index (κ1) is 15.8. The summed E-state index contributed by atoms with van der Waals surface area (Å²) in [7, 11) is 1.71. The fraction of sp³-hybridized carbons (Fsp3) is 0.222. The normalized spacial score (nSPS) is 11.7. The second-order valence-corrected chi connectivity index (χ2v) is 5.30.